The zero-order valence-electron chi connectivity index (χ0n) is 13.6. The average Bonchev–Trinajstić information content (AvgIpc) is 2.52. The van der Waals surface area contributed by atoms with E-state index >= 15 is 0 Å². The Morgan fingerprint density at radius 3 is 2.30 bits per heavy atom. The Hall–Kier alpha value is -1.89. The highest BCUT2D eigenvalue weighted by atomic mass is 19.3. The van der Waals surface area contributed by atoms with Gasteiger partial charge in [0.15, 0.2) is 0 Å². The minimum Gasteiger partial charge on any atom is -0.435 e. The molecule has 0 aromatic heterocycles. The summed E-state index contributed by atoms with van der Waals surface area (Å²) in [5, 5.41) is 15.5. The van der Waals surface area contributed by atoms with E-state index in [0.717, 1.165) is 5.56 Å². The van der Waals surface area contributed by atoms with Crippen molar-refractivity contribution in [2.24, 2.45) is 0 Å². The van der Waals surface area contributed by atoms with Gasteiger partial charge in [-0.15, -0.1) is 0 Å². The van der Waals surface area contributed by atoms with Gasteiger partial charge in [0.25, 0.3) is 0 Å². The van der Waals surface area contributed by atoms with Gasteiger partial charge in [-0.2, -0.15) is 8.78 Å². The Kier molecular flexibility index (Phi) is 7.22. The molecule has 0 radical (unpaired) electrons. The second kappa shape index (κ2) is 8.67. The minimum atomic E-state index is -2.86. The maximum absolute atomic E-state index is 12.1. The van der Waals surface area contributed by atoms with Crippen LogP contribution < -0.4 is 15.4 Å². The minimum absolute atomic E-state index is 0.0661. The van der Waals surface area contributed by atoms with E-state index < -0.39 is 18.2 Å². The first-order valence-electron chi connectivity index (χ1n) is 7.61. The van der Waals surface area contributed by atoms with Crippen LogP contribution in [0.3, 0.4) is 0 Å². The number of amides is 2. The summed E-state index contributed by atoms with van der Waals surface area (Å²) in [4.78, 5) is 11.9. The van der Waals surface area contributed by atoms with Crippen molar-refractivity contribution in [3.63, 3.8) is 0 Å². The van der Waals surface area contributed by atoms with Crippen molar-refractivity contribution < 1.29 is 23.4 Å². The lowest BCUT2D eigenvalue weighted by atomic mass is 9.98. The molecule has 1 aromatic carbocycles. The number of hydrogen-bond acceptors (Lipinski definition) is 3. The third kappa shape index (κ3) is 6.40. The zero-order chi connectivity index (χ0) is 17.5. The predicted octanol–water partition coefficient (Wildman–Crippen LogP) is 3.20. The first kappa shape index (κ1) is 19.2. The standard InChI is InChI=1S/C16H24F2N2O3/c1-4-16(22,5-2)10-19-15(21)20-11(3)12-6-8-13(9-7-12)23-14(17)18/h6-9,11,14,22H,4-5,10H2,1-3H3,(H2,19,20,21). The lowest BCUT2D eigenvalue weighted by molar-refractivity contribution is -0.0498. The zero-order valence-corrected chi connectivity index (χ0v) is 13.6. The largest absolute Gasteiger partial charge is 0.435 e. The topological polar surface area (TPSA) is 70.6 Å². The first-order valence-corrected chi connectivity index (χ1v) is 7.61. The Labute approximate surface area is 135 Å². The van der Waals surface area contributed by atoms with Gasteiger partial charge in [0.1, 0.15) is 5.75 Å². The van der Waals surface area contributed by atoms with Crippen molar-refractivity contribution >= 4 is 6.03 Å². The third-order valence-electron chi connectivity index (χ3n) is 3.85. The van der Waals surface area contributed by atoms with E-state index in [0.29, 0.717) is 12.8 Å². The highest BCUT2D eigenvalue weighted by Crippen LogP contribution is 2.19. The van der Waals surface area contributed by atoms with Crippen LogP contribution in [0.25, 0.3) is 0 Å². The van der Waals surface area contributed by atoms with Crippen LogP contribution in [0.15, 0.2) is 24.3 Å². The van der Waals surface area contributed by atoms with E-state index in [2.05, 4.69) is 15.4 Å². The molecule has 2 amide bonds. The van der Waals surface area contributed by atoms with Crippen molar-refractivity contribution in [1.82, 2.24) is 10.6 Å². The van der Waals surface area contributed by atoms with Crippen molar-refractivity contribution in [2.75, 3.05) is 6.54 Å². The molecule has 5 nitrogen and oxygen atoms in total. The summed E-state index contributed by atoms with van der Waals surface area (Å²) in [6.45, 7) is 2.79. The van der Waals surface area contributed by atoms with Crippen LogP contribution in [0.2, 0.25) is 0 Å². The monoisotopic (exact) mass is 330 g/mol. The van der Waals surface area contributed by atoms with Crippen LogP contribution in [0.4, 0.5) is 13.6 Å². The number of rotatable bonds is 8. The summed E-state index contributed by atoms with van der Waals surface area (Å²) in [7, 11) is 0. The molecule has 1 atom stereocenters. The first-order chi connectivity index (χ1) is 10.8. The molecule has 23 heavy (non-hydrogen) atoms. The second-order valence-corrected chi connectivity index (χ2v) is 5.43. The molecule has 3 N–H and O–H groups in total. The third-order valence-corrected chi connectivity index (χ3v) is 3.85. The van der Waals surface area contributed by atoms with E-state index in [1.165, 1.54) is 12.1 Å². The molecule has 0 heterocycles. The molecule has 1 unspecified atom stereocenters. The maximum atomic E-state index is 12.1. The molecular formula is C16H24F2N2O3. The lowest BCUT2D eigenvalue weighted by Gasteiger charge is -2.26. The Morgan fingerprint density at radius 2 is 1.83 bits per heavy atom. The molecular weight excluding hydrogens is 306 g/mol. The van der Waals surface area contributed by atoms with Crippen molar-refractivity contribution in [3.05, 3.63) is 29.8 Å². The molecule has 0 aliphatic rings. The number of aliphatic hydroxyl groups is 1. The molecule has 0 spiro atoms. The molecule has 0 aliphatic heterocycles. The number of urea groups is 1. The number of carbonyl (C=O) groups excluding carboxylic acids is 1. The highest BCUT2D eigenvalue weighted by Gasteiger charge is 2.23. The van der Waals surface area contributed by atoms with E-state index in [4.69, 9.17) is 0 Å². The summed E-state index contributed by atoms with van der Waals surface area (Å²) in [6, 6.07) is 5.35. The molecule has 1 rings (SSSR count). The number of nitrogens with one attached hydrogen (secondary N) is 2. The number of ether oxygens (including phenoxy) is 1. The molecule has 130 valence electrons. The average molecular weight is 330 g/mol. The fraction of sp³-hybridized carbons (Fsp3) is 0.562. The van der Waals surface area contributed by atoms with Gasteiger partial charge in [-0.3, -0.25) is 0 Å². The smallest absolute Gasteiger partial charge is 0.387 e. The molecule has 0 fully saturated rings. The fourth-order valence-corrected chi connectivity index (χ4v) is 2.01. The van der Waals surface area contributed by atoms with Crippen molar-refractivity contribution in [3.8, 4) is 5.75 Å². The van der Waals surface area contributed by atoms with Gasteiger partial charge < -0.3 is 20.5 Å². The molecule has 0 bridgehead atoms. The highest BCUT2D eigenvalue weighted by molar-refractivity contribution is 5.74. The van der Waals surface area contributed by atoms with E-state index in [9.17, 15) is 18.7 Å². The number of benzene rings is 1. The summed E-state index contributed by atoms with van der Waals surface area (Å²) >= 11 is 0. The maximum Gasteiger partial charge on any atom is 0.387 e. The van der Waals surface area contributed by atoms with Gasteiger partial charge in [-0.25, -0.2) is 4.79 Å². The Balaban J connectivity index is 2.51. The summed E-state index contributed by atoms with van der Waals surface area (Å²) in [6.07, 6.45) is 1.09. The molecule has 0 saturated carbocycles. The van der Waals surface area contributed by atoms with Crippen LogP contribution >= 0.6 is 0 Å². The number of carbonyl (C=O) groups is 1. The molecule has 0 aliphatic carbocycles. The Morgan fingerprint density at radius 1 is 1.26 bits per heavy atom. The SMILES string of the molecule is CCC(O)(CC)CNC(=O)NC(C)c1ccc(OC(F)F)cc1. The number of halogens is 2. The van der Waals surface area contributed by atoms with Gasteiger partial charge in [-0.05, 0) is 37.5 Å². The summed E-state index contributed by atoms with van der Waals surface area (Å²) in [5.41, 5.74) is -0.155. The summed E-state index contributed by atoms with van der Waals surface area (Å²) < 4.78 is 28.4. The van der Waals surface area contributed by atoms with Crippen LogP contribution in [0.1, 0.15) is 45.2 Å². The predicted molar refractivity (Wildman–Crippen MR) is 83.6 cm³/mol. The van der Waals surface area contributed by atoms with Crippen LogP contribution in [-0.4, -0.2) is 29.9 Å². The van der Waals surface area contributed by atoms with Gasteiger partial charge in [0, 0.05) is 6.54 Å². The molecule has 7 heteroatoms. The van der Waals surface area contributed by atoms with E-state index in [1.807, 2.05) is 13.8 Å². The van der Waals surface area contributed by atoms with Crippen LogP contribution in [0, 0.1) is 0 Å². The van der Waals surface area contributed by atoms with E-state index in [-0.39, 0.29) is 18.3 Å². The van der Waals surface area contributed by atoms with Gasteiger partial charge in [-0.1, -0.05) is 26.0 Å². The molecule has 0 saturated heterocycles. The lowest BCUT2D eigenvalue weighted by Crippen LogP contribution is -2.46. The van der Waals surface area contributed by atoms with Gasteiger partial charge >= 0.3 is 12.6 Å². The second-order valence-electron chi connectivity index (χ2n) is 5.43. The van der Waals surface area contributed by atoms with Gasteiger partial charge in [0.05, 0.1) is 11.6 Å². The van der Waals surface area contributed by atoms with Crippen LogP contribution in [0.5, 0.6) is 5.75 Å². The molecule has 1 aromatic rings. The number of hydrogen-bond donors (Lipinski definition) is 3. The number of alkyl halides is 2. The fourth-order valence-electron chi connectivity index (χ4n) is 2.01. The van der Waals surface area contributed by atoms with Gasteiger partial charge in [0.2, 0.25) is 0 Å². The quantitative estimate of drug-likeness (QED) is 0.685. The summed E-state index contributed by atoms with van der Waals surface area (Å²) in [5.74, 6) is 0.0661. The Bertz CT molecular complexity index is 491. The van der Waals surface area contributed by atoms with Crippen molar-refractivity contribution in [2.45, 2.75) is 51.9 Å². The van der Waals surface area contributed by atoms with E-state index in [1.54, 1.807) is 19.1 Å². The van der Waals surface area contributed by atoms with Crippen LogP contribution in [-0.2, 0) is 0 Å². The normalized spacial score (nSPS) is 12.8. The van der Waals surface area contributed by atoms with Crippen molar-refractivity contribution in [1.29, 1.82) is 0 Å².